The van der Waals surface area contributed by atoms with E-state index in [0.717, 1.165) is 59.6 Å². The molecule has 1 saturated heterocycles. The van der Waals surface area contributed by atoms with Crippen LogP contribution in [0.5, 0.6) is 0 Å². The van der Waals surface area contributed by atoms with E-state index in [-0.39, 0.29) is 11.6 Å². The van der Waals surface area contributed by atoms with Crippen molar-refractivity contribution in [2.75, 3.05) is 13.1 Å². The van der Waals surface area contributed by atoms with Crippen LogP contribution in [0.2, 0.25) is 0 Å². The van der Waals surface area contributed by atoms with Crippen molar-refractivity contribution in [3.8, 4) is 5.00 Å². The van der Waals surface area contributed by atoms with Crippen molar-refractivity contribution >= 4 is 28.1 Å². The summed E-state index contributed by atoms with van der Waals surface area (Å²) in [4.78, 5) is 30.2. The highest BCUT2D eigenvalue weighted by Gasteiger charge is 2.25. The molecule has 4 aromatic rings. The van der Waals surface area contributed by atoms with E-state index >= 15 is 0 Å². The number of rotatable bonds is 5. The molecule has 1 amide bonds. The number of carbonyl (C=O) groups is 1. The molecule has 0 atom stereocenters. The molecular formula is C22H23N5O2S. The van der Waals surface area contributed by atoms with Crippen LogP contribution in [0.4, 0.5) is 0 Å². The Morgan fingerprint density at radius 1 is 1.17 bits per heavy atom. The van der Waals surface area contributed by atoms with Crippen LogP contribution in [0.1, 0.15) is 24.2 Å². The van der Waals surface area contributed by atoms with Crippen molar-refractivity contribution in [3.63, 3.8) is 0 Å². The molecule has 1 aliphatic heterocycles. The molecule has 0 bridgehead atoms. The minimum absolute atomic E-state index is 0.175. The lowest BCUT2D eigenvalue weighted by Gasteiger charge is -2.32. The molecule has 0 radical (unpaired) electrons. The molecule has 154 valence electrons. The number of aromatic amines is 2. The fourth-order valence-electron chi connectivity index (χ4n) is 4.29. The van der Waals surface area contributed by atoms with E-state index < -0.39 is 0 Å². The number of H-pyrrole nitrogens is 2. The minimum atomic E-state index is -0.196. The first-order valence-electron chi connectivity index (χ1n) is 10.2. The van der Waals surface area contributed by atoms with Gasteiger partial charge in [-0.3, -0.25) is 4.79 Å². The Morgan fingerprint density at radius 2 is 2.00 bits per heavy atom. The first-order valence-corrected chi connectivity index (χ1v) is 11.1. The SMILES string of the molecule is O=C(Cc1c[nH]c2ccccc12)N1CCC(Cc2n[nH]c(=O)n2-c2cccs2)CC1. The molecule has 7 nitrogen and oxygen atoms in total. The molecule has 1 fully saturated rings. The van der Waals surface area contributed by atoms with Crippen molar-refractivity contribution in [3.05, 3.63) is 69.8 Å². The normalized spacial score (nSPS) is 15.1. The fourth-order valence-corrected chi connectivity index (χ4v) is 5.04. The van der Waals surface area contributed by atoms with Gasteiger partial charge in [-0.1, -0.05) is 18.2 Å². The number of benzene rings is 1. The number of thiophene rings is 1. The monoisotopic (exact) mass is 421 g/mol. The highest BCUT2D eigenvalue weighted by atomic mass is 32.1. The van der Waals surface area contributed by atoms with E-state index in [9.17, 15) is 9.59 Å². The van der Waals surface area contributed by atoms with Crippen molar-refractivity contribution in [1.29, 1.82) is 0 Å². The highest BCUT2D eigenvalue weighted by molar-refractivity contribution is 7.12. The summed E-state index contributed by atoms with van der Waals surface area (Å²) in [5.41, 5.74) is 1.92. The summed E-state index contributed by atoms with van der Waals surface area (Å²) in [5, 5.41) is 10.8. The number of nitrogens with zero attached hydrogens (tertiary/aromatic N) is 3. The van der Waals surface area contributed by atoms with Crippen LogP contribution in [0.15, 0.2) is 52.8 Å². The van der Waals surface area contributed by atoms with Gasteiger partial charge in [-0.25, -0.2) is 14.5 Å². The van der Waals surface area contributed by atoms with Crippen LogP contribution in [-0.4, -0.2) is 43.6 Å². The van der Waals surface area contributed by atoms with E-state index in [1.807, 2.05) is 46.8 Å². The Hall–Kier alpha value is -3.13. The third kappa shape index (κ3) is 3.59. The van der Waals surface area contributed by atoms with Crippen LogP contribution in [0.25, 0.3) is 15.9 Å². The Labute approximate surface area is 177 Å². The van der Waals surface area contributed by atoms with Crippen LogP contribution in [0, 0.1) is 5.92 Å². The largest absolute Gasteiger partial charge is 0.361 e. The minimum Gasteiger partial charge on any atom is -0.361 e. The van der Waals surface area contributed by atoms with Gasteiger partial charge in [-0.2, -0.15) is 5.10 Å². The standard InChI is InChI=1S/C22H23N5O2S/c28-20(13-16-14-23-18-5-2-1-4-17(16)18)26-9-7-15(8-10-26)12-19-24-25-22(29)27(19)21-6-3-11-30-21/h1-6,11,14-15,23H,7-10,12-13H2,(H,25,29). The maximum atomic E-state index is 12.8. The number of fused-ring (bicyclic) bond motifs is 1. The Balaban J connectivity index is 1.21. The van der Waals surface area contributed by atoms with Crippen LogP contribution in [0.3, 0.4) is 0 Å². The van der Waals surface area contributed by atoms with E-state index in [4.69, 9.17) is 0 Å². The number of carbonyl (C=O) groups excluding carboxylic acids is 1. The average molecular weight is 422 g/mol. The van der Waals surface area contributed by atoms with Crippen molar-refractivity contribution in [1.82, 2.24) is 24.6 Å². The van der Waals surface area contributed by atoms with Crippen LogP contribution >= 0.6 is 11.3 Å². The lowest BCUT2D eigenvalue weighted by atomic mass is 9.93. The van der Waals surface area contributed by atoms with Gasteiger partial charge in [0.05, 0.1) is 6.42 Å². The van der Waals surface area contributed by atoms with Crippen molar-refractivity contribution in [2.45, 2.75) is 25.7 Å². The number of hydrogen-bond donors (Lipinski definition) is 2. The summed E-state index contributed by atoms with van der Waals surface area (Å²) < 4.78 is 1.67. The zero-order valence-corrected chi connectivity index (χ0v) is 17.3. The summed E-state index contributed by atoms with van der Waals surface area (Å²) in [6.07, 6.45) is 4.94. The molecular weight excluding hydrogens is 398 g/mol. The fraction of sp³-hybridized carbons (Fsp3) is 0.318. The number of likely N-dealkylation sites (tertiary alicyclic amines) is 1. The summed E-state index contributed by atoms with van der Waals surface area (Å²) in [5.74, 6) is 1.36. The van der Waals surface area contributed by atoms with Gasteiger partial charge in [0, 0.05) is 36.6 Å². The lowest BCUT2D eigenvalue weighted by Crippen LogP contribution is -2.39. The molecule has 2 N–H and O–H groups in total. The molecule has 4 heterocycles. The van der Waals surface area contributed by atoms with E-state index in [0.29, 0.717) is 12.3 Å². The van der Waals surface area contributed by atoms with Crippen molar-refractivity contribution < 1.29 is 4.79 Å². The number of piperidine rings is 1. The number of hydrogen-bond acceptors (Lipinski definition) is 4. The molecule has 1 aromatic carbocycles. The predicted octanol–water partition coefficient (Wildman–Crippen LogP) is 3.13. The first-order chi connectivity index (χ1) is 14.7. The van der Waals surface area contributed by atoms with E-state index in [2.05, 4.69) is 21.2 Å². The number of aromatic nitrogens is 4. The first kappa shape index (κ1) is 18.9. The molecule has 0 spiro atoms. The molecule has 5 rings (SSSR count). The third-order valence-corrected chi connectivity index (χ3v) is 6.78. The van der Waals surface area contributed by atoms with Gasteiger partial charge in [0.2, 0.25) is 5.91 Å². The van der Waals surface area contributed by atoms with Gasteiger partial charge < -0.3 is 9.88 Å². The van der Waals surface area contributed by atoms with Gasteiger partial charge in [0.1, 0.15) is 10.8 Å². The van der Waals surface area contributed by atoms with Gasteiger partial charge in [0.15, 0.2) is 0 Å². The maximum absolute atomic E-state index is 12.8. The number of amides is 1. The molecule has 0 aliphatic carbocycles. The van der Waals surface area contributed by atoms with E-state index in [1.54, 1.807) is 4.57 Å². The zero-order chi connectivity index (χ0) is 20.5. The quantitative estimate of drug-likeness (QED) is 0.519. The second-order valence-electron chi connectivity index (χ2n) is 7.80. The molecule has 30 heavy (non-hydrogen) atoms. The van der Waals surface area contributed by atoms with Gasteiger partial charge in [-0.05, 0) is 47.9 Å². The molecule has 0 unspecified atom stereocenters. The summed E-state index contributed by atoms with van der Waals surface area (Å²) in [6.45, 7) is 1.50. The number of nitrogens with one attached hydrogen (secondary N) is 2. The smallest absolute Gasteiger partial charge is 0.348 e. The number of para-hydroxylation sites is 1. The second-order valence-corrected chi connectivity index (χ2v) is 8.72. The topological polar surface area (TPSA) is 86.8 Å². The van der Waals surface area contributed by atoms with Crippen molar-refractivity contribution in [2.24, 2.45) is 5.92 Å². The molecule has 0 saturated carbocycles. The summed E-state index contributed by atoms with van der Waals surface area (Å²) in [7, 11) is 0. The molecule has 1 aliphatic rings. The van der Waals surface area contributed by atoms with E-state index in [1.165, 1.54) is 11.3 Å². The van der Waals surface area contributed by atoms with Gasteiger partial charge >= 0.3 is 5.69 Å². The van der Waals surface area contributed by atoms with Gasteiger partial charge in [0.25, 0.3) is 0 Å². The van der Waals surface area contributed by atoms with Gasteiger partial charge in [-0.15, -0.1) is 11.3 Å². The Bertz CT molecular complexity index is 1210. The lowest BCUT2D eigenvalue weighted by molar-refractivity contribution is -0.131. The third-order valence-electron chi connectivity index (χ3n) is 5.92. The molecule has 8 heteroatoms. The Morgan fingerprint density at radius 3 is 2.80 bits per heavy atom. The Kier molecular flexibility index (Phi) is 5.00. The average Bonchev–Trinajstić information content (AvgIpc) is 3.50. The maximum Gasteiger partial charge on any atom is 0.348 e. The zero-order valence-electron chi connectivity index (χ0n) is 16.5. The summed E-state index contributed by atoms with van der Waals surface area (Å²) >= 11 is 1.53. The van der Waals surface area contributed by atoms with Crippen LogP contribution < -0.4 is 5.69 Å². The second kappa shape index (κ2) is 7.95. The highest BCUT2D eigenvalue weighted by Crippen LogP contribution is 2.24. The van der Waals surface area contributed by atoms with Crippen LogP contribution in [-0.2, 0) is 17.6 Å². The molecule has 3 aromatic heterocycles. The summed E-state index contributed by atoms with van der Waals surface area (Å²) in [6, 6.07) is 11.9. The predicted molar refractivity (Wildman–Crippen MR) is 117 cm³/mol.